The molecule has 0 aliphatic heterocycles. The summed E-state index contributed by atoms with van der Waals surface area (Å²) < 4.78 is 10.8. The predicted molar refractivity (Wildman–Crippen MR) is 117 cm³/mol. The summed E-state index contributed by atoms with van der Waals surface area (Å²) in [6, 6.07) is 15.4. The first-order valence-corrected chi connectivity index (χ1v) is 9.59. The highest BCUT2D eigenvalue weighted by Crippen LogP contribution is 2.30. The Hall–Kier alpha value is -2.73. The van der Waals surface area contributed by atoms with Gasteiger partial charge in [-0.15, -0.1) is 12.4 Å². The Morgan fingerprint density at radius 2 is 1.52 bits per heavy atom. The third-order valence-electron chi connectivity index (χ3n) is 5.26. The molecule has 6 nitrogen and oxygen atoms in total. The van der Waals surface area contributed by atoms with Crippen LogP contribution in [0.15, 0.2) is 48.5 Å². The number of guanidine groups is 1. The Kier molecular flexibility index (Phi) is 8.34. The summed E-state index contributed by atoms with van der Waals surface area (Å²) in [4.78, 5) is 12.5. The van der Waals surface area contributed by atoms with Crippen molar-refractivity contribution in [3.8, 4) is 22.6 Å². The molecule has 7 heteroatoms. The fourth-order valence-electron chi connectivity index (χ4n) is 3.55. The number of esters is 1. The van der Waals surface area contributed by atoms with Crippen molar-refractivity contribution in [2.45, 2.75) is 25.7 Å². The van der Waals surface area contributed by atoms with Gasteiger partial charge in [0.25, 0.3) is 0 Å². The van der Waals surface area contributed by atoms with Crippen molar-refractivity contribution in [3.63, 3.8) is 0 Å². The van der Waals surface area contributed by atoms with E-state index in [1.54, 1.807) is 7.11 Å². The number of nitrogens with two attached hydrogens (primary N) is 1. The van der Waals surface area contributed by atoms with E-state index < -0.39 is 0 Å². The standard InChI is InChI=1S/C22H27N3O3.ClH/c1-27-19-10-6-16(7-11-19)17-8-12-20(13-9-17)28-21(26)18-4-2-15(3-5-18)14-25-22(23)24;/h6-13,15,18H,2-5,14H2,1H3,(H4,23,24,25);1H/t15-,18-;. The quantitative estimate of drug-likeness (QED) is 0.286. The largest absolute Gasteiger partial charge is 0.497 e. The van der Waals surface area contributed by atoms with Gasteiger partial charge < -0.3 is 20.5 Å². The Labute approximate surface area is 177 Å². The minimum atomic E-state index is -0.157. The summed E-state index contributed by atoms with van der Waals surface area (Å²) in [5.41, 5.74) is 7.46. The van der Waals surface area contributed by atoms with Crippen molar-refractivity contribution in [1.82, 2.24) is 5.32 Å². The Morgan fingerprint density at radius 3 is 2.00 bits per heavy atom. The molecule has 0 bridgehead atoms. The molecular formula is C22H28ClN3O3. The van der Waals surface area contributed by atoms with Crippen molar-refractivity contribution >= 4 is 24.3 Å². The van der Waals surface area contributed by atoms with Crippen LogP contribution in [0, 0.1) is 17.2 Å². The first-order chi connectivity index (χ1) is 13.5. The number of hydrogen-bond acceptors (Lipinski definition) is 4. The molecule has 1 fully saturated rings. The van der Waals surface area contributed by atoms with Crippen molar-refractivity contribution in [2.75, 3.05) is 13.7 Å². The molecule has 0 atom stereocenters. The van der Waals surface area contributed by atoms with Crippen molar-refractivity contribution in [3.05, 3.63) is 48.5 Å². The van der Waals surface area contributed by atoms with E-state index in [4.69, 9.17) is 20.6 Å². The lowest BCUT2D eigenvalue weighted by molar-refractivity contribution is -0.140. The van der Waals surface area contributed by atoms with E-state index in [1.165, 1.54) is 0 Å². The monoisotopic (exact) mass is 417 g/mol. The van der Waals surface area contributed by atoms with E-state index in [0.717, 1.165) is 42.6 Å². The van der Waals surface area contributed by atoms with Crippen molar-refractivity contribution < 1.29 is 14.3 Å². The summed E-state index contributed by atoms with van der Waals surface area (Å²) in [7, 11) is 1.65. The van der Waals surface area contributed by atoms with Crippen LogP contribution in [-0.2, 0) is 4.79 Å². The van der Waals surface area contributed by atoms with Gasteiger partial charge in [0, 0.05) is 6.54 Å². The van der Waals surface area contributed by atoms with Crippen molar-refractivity contribution in [2.24, 2.45) is 17.6 Å². The van der Waals surface area contributed by atoms with Gasteiger partial charge in [0.2, 0.25) is 0 Å². The van der Waals surface area contributed by atoms with Crippen LogP contribution in [0.5, 0.6) is 11.5 Å². The van der Waals surface area contributed by atoms with E-state index in [0.29, 0.717) is 18.2 Å². The van der Waals surface area contributed by atoms with Crippen LogP contribution in [0.25, 0.3) is 11.1 Å². The maximum absolute atomic E-state index is 12.5. The van der Waals surface area contributed by atoms with Crippen LogP contribution < -0.4 is 20.5 Å². The van der Waals surface area contributed by atoms with Crippen LogP contribution in [-0.4, -0.2) is 25.6 Å². The molecule has 0 saturated heterocycles. The van der Waals surface area contributed by atoms with Gasteiger partial charge in [-0.25, -0.2) is 0 Å². The average Bonchev–Trinajstić information content (AvgIpc) is 2.73. The van der Waals surface area contributed by atoms with E-state index in [2.05, 4.69) is 5.32 Å². The molecular weight excluding hydrogens is 390 g/mol. The zero-order valence-corrected chi connectivity index (χ0v) is 17.3. The molecule has 3 rings (SSSR count). The van der Waals surface area contributed by atoms with Gasteiger partial charge in [-0.1, -0.05) is 24.3 Å². The van der Waals surface area contributed by atoms with E-state index in [-0.39, 0.29) is 30.3 Å². The average molecular weight is 418 g/mol. The molecule has 0 heterocycles. The minimum absolute atomic E-state index is 0. The zero-order chi connectivity index (χ0) is 19.9. The topological polar surface area (TPSA) is 97.4 Å². The second kappa shape index (κ2) is 10.7. The Morgan fingerprint density at radius 1 is 1.00 bits per heavy atom. The van der Waals surface area contributed by atoms with Crippen LogP contribution in [0.4, 0.5) is 0 Å². The lowest BCUT2D eigenvalue weighted by atomic mass is 9.82. The first-order valence-electron chi connectivity index (χ1n) is 9.59. The van der Waals surface area contributed by atoms with E-state index in [1.807, 2.05) is 48.5 Å². The second-order valence-corrected chi connectivity index (χ2v) is 7.19. The number of ether oxygens (including phenoxy) is 2. The number of hydrogen-bond donors (Lipinski definition) is 3. The molecule has 0 spiro atoms. The number of benzene rings is 2. The second-order valence-electron chi connectivity index (χ2n) is 7.19. The molecule has 0 unspecified atom stereocenters. The summed E-state index contributed by atoms with van der Waals surface area (Å²) in [5.74, 6) is 1.63. The minimum Gasteiger partial charge on any atom is -0.497 e. The van der Waals surface area contributed by atoms with Gasteiger partial charge in [-0.3, -0.25) is 10.2 Å². The van der Waals surface area contributed by atoms with Gasteiger partial charge in [0.1, 0.15) is 11.5 Å². The maximum Gasteiger partial charge on any atom is 0.314 e. The molecule has 1 aliphatic carbocycles. The fraction of sp³-hybridized carbons (Fsp3) is 0.364. The van der Waals surface area contributed by atoms with Gasteiger partial charge >= 0.3 is 5.97 Å². The molecule has 1 aliphatic rings. The number of carbonyl (C=O) groups excluding carboxylic acids is 1. The Balaban J connectivity index is 0.00000300. The molecule has 0 radical (unpaired) electrons. The van der Waals surface area contributed by atoms with Gasteiger partial charge in [0.15, 0.2) is 5.96 Å². The number of carbonyl (C=O) groups is 1. The molecule has 0 amide bonds. The molecule has 2 aromatic rings. The maximum atomic E-state index is 12.5. The lowest BCUT2D eigenvalue weighted by Gasteiger charge is -2.27. The van der Waals surface area contributed by atoms with Gasteiger partial charge in [-0.05, 0) is 67.0 Å². The van der Waals surface area contributed by atoms with Gasteiger partial charge in [0.05, 0.1) is 13.0 Å². The first kappa shape index (κ1) is 22.6. The molecule has 0 aromatic heterocycles. The number of rotatable bonds is 6. The molecule has 2 aromatic carbocycles. The molecule has 156 valence electrons. The normalized spacial score (nSPS) is 18.2. The summed E-state index contributed by atoms with van der Waals surface area (Å²) in [6.07, 6.45) is 3.51. The number of nitrogens with one attached hydrogen (secondary N) is 2. The summed E-state index contributed by atoms with van der Waals surface area (Å²) in [5, 5.41) is 10.1. The van der Waals surface area contributed by atoms with Crippen LogP contribution in [0.3, 0.4) is 0 Å². The van der Waals surface area contributed by atoms with Crippen molar-refractivity contribution in [1.29, 1.82) is 5.41 Å². The fourth-order valence-corrected chi connectivity index (χ4v) is 3.55. The third-order valence-corrected chi connectivity index (χ3v) is 5.26. The summed E-state index contributed by atoms with van der Waals surface area (Å²) >= 11 is 0. The number of methoxy groups -OCH3 is 1. The van der Waals surface area contributed by atoms with E-state index >= 15 is 0 Å². The highest BCUT2D eigenvalue weighted by Gasteiger charge is 2.27. The highest BCUT2D eigenvalue weighted by molar-refractivity contribution is 5.85. The summed E-state index contributed by atoms with van der Waals surface area (Å²) in [6.45, 7) is 0.698. The zero-order valence-electron chi connectivity index (χ0n) is 16.5. The molecule has 29 heavy (non-hydrogen) atoms. The van der Waals surface area contributed by atoms with Crippen LogP contribution in [0.2, 0.25) is 0 Å². The Bertz CT molecular complexity index is 801. The van der Waals surface area contributed by atoms with E-state index in [9.17, 15) is 4.79 Å². The van der Waals surface area contributed by atoms with Crippen LogP contribution >= 0.6 is 12.4 Å². The molecule has 4 N–H and O–H groups in total. The third kappa shape index (κ3) is 6.39. The lowest BCUT2D eigenvalue weighted by Crippen LogP contribution is -2.36. The SMILES string of the molecule is COc1ccc(-c2ccc(OC(=O)[C@H]3CC[C@H](CNC(=N)N)CC3)cc2)cc1.Cl. The smallest absolute Gasteiger partial charge is 0.314 e. The highest BCUT2D eigenvalue weighted by atomic mass is 35.5. The van der Waals surface area contributed by atoms with Crippen LogP contribution in [0.1, 0.15) is 25.7 Å². The molecule has 1 saturated carbocycles. The predicted octanol–water partition coefficient (Wildman–Crippen LogP) is 3.98. The van der Waals surface area contributed by atoms with Gasteiger partial charge in [-0.2, -0.15) is 0 Å². The number of halogens is 1.